The van der Waals surface area contributed by atoms with E-state index in [4.69, 9.17) is 10.5 Å². The van der Waals surface area contributed by atoms with Crippen molar-refractivity contribution in [1.82, 2.24) is 5.32 Å². The molecule has 1 amide bonds. The highest BCUT2D eigenvalue weighted by atomic mass is 16.5. The summed E-state index contributed by atoms with van der Waals surface area (Å²) >= 11 is 0. The van der Waals surface area contributed by atoms with Gasteiger partial charge in [0.05, 0.1) is 6.04 Å². The summed E-state index contributed by atoms with van der Waals surface area (Å²) in [7, 11) is 0. The number of carbonyl (C=O) groups excluding carboxylic acids is 1. The molecule has 2 aliphatic heterocycles. The van der Waals surface area contributed by atoms with Crippen LogP contribution in [-0.4, -0.2) is 31.7 Å². The Bertz CT molecular complexity index is 199. The first-order valence-corrected chi connectivity index (χ1v) is 4.36. The summed E-state index contributed by atoms with van der Waals surface area (Å²) in [5, 5.41) is 2.81. The van der Waals surface area contributed by atoms with Gasteiger partial charge >= 0.3 is 0 Å². The van der Waals surface area contributed by atoms with Gasteiger partial charge in [-0.3, -0.25) is 4.79 Å². The van der Waals surface area contributed by atoms with Crippen molar-refractivity contribution in [2.24, 2.45) is 11.1 Å². The number of hydrogen-bond donors (Lipinski definition) is 2. The first-order valence-electron chi connectivity index (χ1n) is 4.36. The molecule has 68 valence electrons. The number of amides is 1. The molecule has 0 saturated carbocycles. The number of ether oxygens (including phenoxy) is 1. The largest absolute Gasteiger partial charge is 0.381 e. The van der Waals surface area contributed by atoms with Crippen molar-refractivity contribution < 1.29 is 9.53 Å². The number of nitrogens with one attached hydrogen (secondary N) is 1. The van der Waals surface area contributed by atoms with Crippen molar-refractivity contribution in [2.75, 3.05) is 19.8 Å². The number of hydrogen-bond acceptors (Lipinski definition) is 3. The van der Waals surface area contributed by atoms with E-state index < -0.39 is 0 Å². The van der Waals surface area contributed by atoms with Crippen LogP contribution in [0.15, 0.2) is 0 Å². The summed E-state index contributed by atoms with van der Waals surface area (Å²) in [6.07, 6.45) is 1.82. The minimum atomic E-state index is -0.318. The molecule has 2 fully saturated rings. The Hall–Kier alpha value is -0.610. The van der Waals surface area contributed by atoms with Gasteiger partial charge in [0.2, 0.25) is 5.91 Å². The zero-order valence-electron chi connectivity index (χ0n) is 7.01. The molecule has 12 heavy (non-hydrogen) atoms. The average molecular weight is 170 g/mol. The third-order valence-electron chi connectivity index (χ3n) is 3.05. The molecule has 1 unspecified atom stereocenters. The van der Waals surface area contributed by atoms with E-state index in [9.17, 15) is 4.79 Å². The molecule has 4 heteroatoms. The van der Waals surface area contributed by atoms with Crippen LogP contribution in [0, 0.1) is 5.41 Å². The third kappa shape index (κ3) is 1.03. The number of carbonyl (C=O) groups is 1. The third-order valence-corrected chi connectivity index (χ3v) is 3.05. The monoisotopic (exact) mass is 170 g/mol. The lowest BCUT2D eigenvalue weighted by atomic mass is 9.76. The van der Waals surface area contributed by atoms with E-state index in [1.807, 2.05) is 0 Å². The molecule has 2 saturated heterocycles. The molecule has 1 spiro atoms. The van der Waals surface area contributed by atoms with Crippen LogP contribution in [0.5, 0.6) is 0 Å². The molecule has 2 aliphatic rings. The van der Waals surface area contributed by atoms with Gasteiger partial charge in [0.25, 0.3) is 0 Å². The Balaban J connectivity index is 2.14. The summed E-state index contributed by atoms with van der Waals surface area (Å²) < 4.78 is 5.25. The average Bonchev–Trinajstić information content (AvgIpc) is 2.37. The summed E-state index contributed by atoms with van der Waals surface area (Å²) in [5.41, 5.74) is 5.82. The fourth-order valence-corrected chi connectivity index (χ4v) is 2.03. The van der Waals surface area contributed by atoms with Gasteiger partial charge in [0.1, 0.15) is 0 Å². The molecule has 1 atom stereocenters. The highest BCUT2D eigenvalue weighted by molar-refractivity contribution is 5.85. The van der Waals surface area contributed by atoms with E-state index >= 15 is 0 Å². The van der Waals surface area contributed by atoms with Crippen LogP contribution in [0.4, 0.5) is 0 Å². The van der Waals surface area contributed by atoms with Gasteiger partial charge in [0, 0.05) is 25.2 Å². The van der Waals surface area contributed by atoms with Gasteiger partial charge in [-0.05, 0) is 12.8 Å². The Labute approximate surface area is 71.4 Å². The second-order valence-electron chi connectivity index (χ2n) is 3.67. The molecular weight excluding hydrogens is 156 g/mol. The summed E-state index contributed by atoms with van der Waals surface area (Å²) in [4.78, 5) is 11.2. The van der Waals surface area contributed by atoms with Crippen molar-refractivity contribution in [3.8, 4) is 0 Å². The van der Waals surface area contributed by atoms with Crippen molar-refractivity contribution in [3.05, 3.63) is 0 Å². The highest BCUT2D eigenvalue weighted by Crippen LogP contribution is 2.35. The van der Waals surface area contributed by atoms with Gasteiger partial charge in [0.15, 0.2) is 0 Å². The van der Waals surface area contributed by atoms with Gasteiger partial charge in [-0.2, -0.15) is 0 Å². The van der Waals surface area contributed by atoms with E-state index in [0.29, 0.717) is 0 Å². The molecule has 2 rings (SSSR count). The molecule has 0 aromatic rings. The standard InChI is InChI=1S/C8H14N2O2/c9-6-7(11)10-5-8(6)1-3-12-4-2-8/h6H,1-5,9H2,(H,10,11). The smallest absolute Gasteiger partial charge is 0.237 e. The van der Waals surface area contributed by atoms with Gasteiger partial charge in [-0.25, -0.2) is 0 Å². The minimum Gasteiger partial charge on any atom is -0.381 e. The SMILES string of the molecule is NC1C(=O)NCC12CCOCC2. The second-order valence-corrected chi connectivity index (χ2v) is 3.67. The van der Waals surface area contributed by atoms with E-state index in [2.05, 4.69) is 5.32 Å². The first kappa shape index (κ1) is 8.01. The quantitative estimate of drug-likeness (QED) is 0.502. The Morgan fingerprint density at radius 1 is 1.50 bits per heavy atom. The Morgan fingerprint density at radius 2 is 2.17 bits per heavy atom. The van der Waals surface area contributed by atoms with Crippen LogP contribution in [0.25, 0.3) is 0 Å². The maximum absolute atomic E-state index is 11.2. The zero-order valence-corrected chi connectivity index (χ0v) is 7.01. The highest BCUT2D eigenvalue weighted by Gasteiger charge is 2.46. The van der Waals surface area contributed by atoms with Crippen molar-refractivity contribution in [2.45, 2.75) is 18.9 Å². The van der Waals surface area contributed by atoms with Crippen LogP contribution < -0.4 is 11.1 Å². The van der Waals surface area contributed by atoms with Crippen molar-refractivity contribution in [1.29, 1.82) is 0 Å². The molecule has 2 heterocycles. The van der Waals surface area contributed by atoms with Gasteiger partial charge < -0.3 is 15.8 Å². The predicted octanol–water partition coefficient (Wildman–Crippen LogP) is -0.760. The second kappa shape index (κ2) is 2.71. The topological polar surface area (TPSA) is 64.4 Å². The molecule has 0 aromatic heterocycles. The molecule has 0 radical (unpaired) electrons. The van der Waals surface area contributed by atoms with Gasteiger partial charge in [-0.1, -0.05) is 0 Å². The van der Waals surface area contributed by atoms with E-state index in [-0.39, 0.29) is 17.4 Å². The van der Waals surface area contributed by atoms with E-state index in [0.717, 1.165) is 32.6 Å². The summed E-state index contributed by atoms with van der Waals surface area (Å²) in [6, 6.07) is -0.318. The molecule has 0 bridgehead atoms. The van der Waals surface area contributed by atoms with Gasteiger partial charge in [-0.15, -0.1) is 0 Å². The maximum atomic E-state index is 11.2. The molecule has 4 nitrogen and oxygen atoms in total. The Morgan fingerprint density at radius 3 is 2.67 bits per heavy atom. The van der Waals surface area contributed by atoms with Crippen LogP contribution in [0.3, 0.4) is 0 Å². The number of nitrogens with two attached hydrogens (primary N) is 1. The molecule has 3 N–H and O–H groups in total. The summed E-state index contributed by atoms with van der Waals surface area (Å²) in [5.74, 6) is -0.00287. The Kier molecular flexibility index (Phi) is 1.81. The molecule has 0 aromatic carbocycles. The van der Waals surface area contributed by atoms with Crippen molar-refractivity contribution >= 4 is 5.91 Å². The molecular formula is C8H14N2O2. The van der Waals surface area contributed by atoms with Crippen LogP contribution >= 0.6 is 0 Å². The van der Waals surface area contributed by atoms with E-state index in [1.165, 1.54) is 0 Å². The summed E-state index contributed by atoms with van der Waals surface area (Å²) in [6.45, 7) is 2.21. The maximum Gasteiger partial charge on any atom is 0.237 e. The lowest BCUT2D eigenvalue weighted by Crippen LogP contribution is -2.46. The van der Waals surface area contributed by atoms with Crippen molar-refractivity contribution in [3.63, 3.8) is 0 Å². The van der Waals surface area contributed by atoms with E-state index in [1.54, 1.807) is 0 Å². The fraction of sp³-hybridized carbons (Fsp3) is 0.875. The zero-order chi connectivity index (χ0) is 8.60. The lowest BCUT2D eigenvalue weighted by Gasteiger charge is -2.34. The first-order chi connectivity index (χ1) is 5.75. The number of rotatable bonds is 0. The van der Waals surface area contributed by atoms with Crippen LogP contribution in [0.2, 0.25) is 0 Å². The fourth-order valence-electron chi connectivity index (χ4n) is 2.03. The predicted molar refractivity (Wildman–Crippen MR) is 43.5 cm³/mol. The molecule has 0 aliphatic carbocycles. The minimum absolute atomic E-state index is 0.00287. The normalized spacial score (nSPS) is 33.8. The lowest BCUT2D eigenvalue weighted by molar-refractivity contribution is -0.121. The van der Waals surface area contributed by atoms with Crippen LogP contribution in [-0.2, 0) is 9.53 Å². The van der Waals surface area contributed by atoms with Crippen LogP contribution in [0.1, 0.15) is 12.8 Å².